The molecule has 0 amide bonds. The molecule has 1 aromatic rings. The quantitative estimate of drug-likeness (QED) is 0.824. The maximum absolute atomic E-state index is 10.3. The van der Waals surface area contributed by atoms with Crippen LogP contribution in [0.2, 0.25) is 0 Å². The minimum atomic E-state index is -0.396. The molecule has 1 aromatic carbocycles. The van der Waals surface area contributed by atoms with Gasteiger partial charge < -0.3 is 9.84 Å². The normalized spacial score (nSPS) is 19.7. The van der Waals surface area contributed by atoms with Crippen LogP contribution < -0.4 is 4.74 Å². The summed E-state index contributed by atoms with van der Waals surface area (Å²) in [5, 5.41) is 10.3. The van der Waals surface area contributed by atoms with Gasteiger partial charge in [0.05, 0.1) is 13.2 Å². The molecule has 2 nitrogen and oxygen atoms in total. The van der Waals surface area contributed by atoms with E-state index in [1.807, 2.05) is 25.1 Å². The molecule has 0 heterocycles. The average molecular weight is 206 g/mol. The van der Waals surface area contributed by atoms with Crippen molar-refractivity contribution in [3.8, 4) is 5.75 Å². The van der Waals surface area contributed by atoms with Gasteiger partial charge in [-0.15, -0.1) is 0 Å². The Morgan fingerprint density at radius 3 is 2.60 bits per heavy atom. The van der Waals surface area contributed by atoms with Gasteiger partial charge >= 0.3 is 0 Å². The number of ether oxygens (including phenoxy) is 1. The first-order valence-electron chi connectivity index (χ1n) is 5.39. The first-order valence-corrected chi connectivity index (χ1v) is 5.39. The topological polar surface area (TPSA) is 29.5 Å². The summed E-state index contributed by atoms with van der Waals surface area (Å²) >= 11 is 0. The van der Waals surface area contributed by atoms with Crippen LogP contribution in [-0.2, 0) is 0 Å². The molecular formula is C13H18O2. The Labute approximate surface area is 90.9 Å². The van der Waals surface area contributed by atoms with Gasteiger partial charge in [0.1, 0.15) is 5.75 Å². The predicted molar refractivity (Wildman–Crippen MR) is 60.0 cm³/mol. The molecule has 1 atom stereocenters. The number of aliphatic hydroxyl groups is 1. The largest absolute Gasteiger partial charge is 0.496 e. The highest BCUT2D eigenvalue weighted by atomic mass is 16.5. The zero-order chi connectivity index (χ0) is 11.1. The molecule has 1 aliphatic carbocycles. The van der Waals surface area contributed by atoms with Crippen LogP contribution in [0.25, 0.3) is 0 Å². The molecule has 0 spiro atoms. The lowest BCUT2D eigenvalue weighted by Crippen LogP contribution is -2.11. The van der Waals surface area contributed by atoms with Crippen molar-refractivity contribution in [3.63, 3.8) is 0 Å². The van der Waals surface area contributed by atoms with Crippen molar-refractivity contribution in [1.29, 1.82) is 0 Å². The van der Waals surface area contributed by atoms with Gasteiger partial charge in [0.15, 0.2) is 0 Å². The van der Waals surface area contributed by atoms with Gasteiger partial charge in [0.2, 0.25) is 0 Å². The van der Waals surface area contributed by atoms with Gasteiger partial charge in [-0.25, -0.2) is 0 Å². The molecule has 1 fully saturated rings. The molecule has 0 aromatic heterocycles. The van der Waals surface area contributed by atoms with Crippen molar-refractivity contribution >= 4 is 0 Å². The number of aryl methyl sites for hydroxylation is 1. The molecule has 1 aliphatic rings. The van der Waals surface area contributed by atoms with Gasteiger partial charge in [-0.3, -0.25) is 0 Å². The van der Waals surface area contributed by atoms with E-state index in [4.69, 9.17) is 4.74 Å². The van der Waals surface area contributed by atoms with E-state index in [2.05, 4.69) is 6.92 Å². The van der Waals surface area contributed by atoms with Crippen LogP contribution in [0, 0.1) is 12.3 Å². The summed E-state index contributed by atoms with van der Waals surface area (Å²) < 4.78 is 5.28. The minimum absolute atomic E-state index is 0.0705. The van der Waals surface area contributed by atoms with E-state index in [-0.39, 0.29) is 5.41 Å². The number of rotatable bonds is 3. The van der Waals surface area contributed by atoms with Gasteiger partial charge in [-0.1, -0.05) is 18.6 Å². The van der Waals surface area contributed by atoms with Crippen LogP contribution in [0.1, 0.15) is 37.0 Å². The second-order valence-corrected chi connectivity index (χ2v) is 4.80. The van der Waals surface area contributed by atoms with Gasteiger partial charge in [0.25, 0.3) is 0 Å². The summed E-state index contributed by atoms with van der Waals surface area (Å²) in [5.74, 6) is 0.793. The van der Waals surface area contributed by atoms with Crippen LogP contribution in [0.5, 0.6) is 5.75 Å². The van der Waals surface area contributed by atoms with E-state index in [0.717, 1.165) is 29.7 Å². The van der Waals surface area contributed by atoms with Crippen molar-refractivity contribution in [2.45, 2.75) is 32.8 Å². The third kappa shape index (κ3) is 1.86. The smallest absolute Gasteiger partial charge is 0.124 e. The lowest BCUT2D eigenvalue weighted by Gasteiger charge is -2.20. The van der Waals surface area contributed by atoms with E-state index in [9.17, 15) is 5.11 Å². The van der Waals surface area contributed by atoms with Crippen LogP contribution in [-0.4, -0.2) is 12.2 Å². The van der Waals surface area contributed by atoms with Crippen molar-refractivity contribution in [3.05, 3.63) is 29.3 Å². The molecule has 2 rings (SSSR count). The first kappa shape index (κ1) is 10.5. The van der Waals surface area contributed by atoms with Gasteiger partial charge in [0, 0.05) is 5.56 Å². The molecule has 0 radical (unpaired) electrons. The van der Waals surface area contributed by atoms with Crippen molar-refractivity contribution in [1.82, 2.24) is 0 Å². The molecular weight excluding hydrogens is 188 g/mol. The van der Waals surface area contributed by atoms with E-state index in [1.165, 1.54) is 0 Å². The number of hydrogen-bond donors (Lipinski definition) is 1. The van der Waals surface area contributed by atoms with E-state index >= 15 is 0 Å². The number of hydrogen-bond acceptors (Lipinski definition) is 2. The Hall–Kier alpha value is -1.02. The number of methoxy groups -OCH3 is 1. The maximum Gasteiger partial charge on any atom is 0.124 e. The lowest BCUT2D eigenvalue weighted by atomic mass is 9.93. The van der Waals surface area contributed by atoms with Crippen molar-refractivity contribution in [2.75, 3.05) is 7.11 Å². The Balaban J connectivity index is 2.36. The fourth-order valence-electron chi connectivity index (χ4n) is 1.91. The van der Waals surface area contributed by atoms with Crippen LogP contribution >= 0.6 is 0 Å². The first-order chi connectivity index (χ1) is 7.07. The van der Waals surface area contributed by atoms with E-state index < -0.39 is 6.10 Å². The summed E-state index contributed by atoms with van der Waals surface area (Å²) in [5.41, 5.74) is 2.16. The predicted octanol–water partition coefficient (Wildman–Crippen LogP) is 2.84. The minimum Gasteiger partial charge on any atom is -0.496 e. The standard InChI is InChI=1S/C13H18O2/c1-9-4-5-11(15-3)10(8-9)12(14)13(2)6-7-13/h4-5,8,12,14H,6-7H2,1-3H3. The zero-order valence-corrected chi connectivity index (χ0v) is 9.58. The Morgan fingerprint density at radius 1 is 1.40 bits per heavy atom. The van der Waals surface area contributed by atoms with Gasteiger partial charge in [-0.05, 0) is 37.3 Å². The molecule has 0 bridgehead atoms. The second kappa shape index (κ2) is 3.53. The summed E-state index contributed by atoms with van der Waals surface area (Å²) in [7, 11) is 1.65. The summed E-state index contributed by atoms with van der Waals surface area (Å²) in [6.07, 6.45) is 1.81. The summed E-state index contributed by atoms with van der Waals surface area (Å²) in [6.45, 7) is 4.16. The lowest BCUT2D eigenvalue weighted by molar-refractivity contribution is 0.101. The highest BCUT2D eigenvalue weighted by Crippen LogP contribution is 2.55. The highest BCUT2D eigenvalue weighted by molar-refractivity contribution is 5.39. The van der Waals surface area contributed by atoms with Crippen LogP contribution in [0.4, 0.5) is 0 Å². The van der Waals surface area contributed by atoms with E-state index in [1.54, 1.807) is 7.11 Å². The monoisotopic (exact) mass is 206 g/mol. The van der Waals surface area contributed by atoms with Crippen LogP contribution in [0.3, 0.4) is 0 Å². The molecule has 0 saturated heterocycles. The molecule has 1 saturated carbocycles. The third-order valence-electron chi connectivity index (χ3n) is 3.38. The van der Waals surface area contributed by atoms with Crippen LogP contribution in [0.15, 0.2) is 18.2 Å². The van der Waals surface area contributed by atoms with Gasteiger partial charge in [-0.2, -0.15) is 0 Å². The second-order valence-electron chi connectivity index (χ2n) is 4.80. The fourth-order valence-corrected chi connectivity index (χ4v) is 1.91. The average Bonchev–Trinajstić information content (AvgIpc) is 2.96. The molecule has 2 heteroatoms. The SMILES string of the molecule is COc1ccc(C)cc1C(O)C1(C)CC1. The number of benzene rings is 1. The summed E-state index contributed by atoms with van der Waals surface area (Å²) in [6, 6.07) is 5.96. The van der Waals surface area contributed by atoms with Crippen molar-refractivity contribution < 1.29 is 9.84 Å². The molecule has 15 heavy (non-hydrogen) atoms. The zero-order valence-electron chi connectivity index (χ0n) is 9.58. The molecule has 1 unspecified atom stereocenters. The third-order valence-corrected chi connectivity index (χ3v) is 3.38. The number of aliphatic hydroxyl groups excluding tert-OH is 1. The van der Waals surface area contributed by atoms with Crippen molar-refractivity contribution in [2.24, 2.45) is 5.41 Å². The summed E-state index contributed by atoms with van der Waals surface area (Å²) in [4.78, 5) is 0. The Bertz CT molecular complexity index is 367. The molecule has 1 N–H and O–H groups in total. The molecule has 82 valence electrons. The Morgan fingerprint density at radius 2 is 2.07 bits per heavy atom. The maximum atomic E-state index is 10.3. The van der Waals surface area contributed by atoms with E-state index in [0.29, 0.717) is 0 Å². The highest BCUT2D eigenvalue weighted by Gasteiger charge is 2.45. The fraction of sp³-hybridized carbons (Fsp3) is 0.538. The Kier molecular flexibility index (Phi) is 2.47. The molecule has 0 aliphatic heterocycles.